The first-order valence-electron chi connectivity index (χ1n) is 7.01. The summed E-state index contributed by atoms with van der Waals surface area (Å²) in [5, 5.41) is 0. The van der Waals surface area contributed by atoms with Crippen LogP contribution >= 0.6 is 0 Å². The second-order valence-electron chi connectivity index (χ2n) is 5.03. The molecule has 0 fully saturated rings. The van der Waals surface area contributed by atoms with Gasteiger partial charge in [-0.05, 0) is 43.3 Å². The summed E-state index contributed by atoms with van der Waals surface area (Å²) < 4.78 is 0. The van der Waals surface area contributed by atoms with E-state index in [2.05, 4.69) is 24.9 Å². The summed E-state index contributed by atoms with van der Waals surface area (Å²) in [6, 6.07) is 13.6. The van der Waals surface area contributed by atoms with Crippen LogP contribution in [0.25, 0.3) is 33.8 Å². The number of hydrogen-bond donors (Lipinski definition) is 1. The second kappa shape index (κ2) is 5.04. The van der Waals surface area contributed by atoms with Gasteiger partial charge in [0.1, 0.15) is 5.69 Å². The van der Waals surface area contributed by atoms with Crippen LogP contribution in [-0.4, -0.2) is 24.9 Å². The molecule has 4 aromatic rings. The molecule has 4 rings (SSSR count). The van der Waals surface area contributed by atoms with Gasteiger partial charge >= 0.3 is 0 Å². The largest absolute Gasteiger partial charge is 0.343 e. The van der Waals surface area contributed by atoms with Crippen LogP contribution in [0.4, 0.5) is 0 Å². The molecule has 1 N–H and O–H groups in total. The van der Waals surface area contributed by atoms with E-state index in [1.807, 2.05) is 49.4 Å². The van der Waals surface area contributed by atoms with Crippen LogP contribution in [0.1, 0.15) is 5.69 Å². The zero-order valence-corrected chi connectivity index (χ0v) is 12.0. The van der Waals surface area contributed by atoms with Crippen LogP contribution in [0.2, 0.25) is 0 Å². The predicted molar refractivity (Wildman–Crippen MR) is 85.1 cm³/mol. The lowest BCUT2D eigenvalue weighted by Crippen LogP contribution is -1.92. The fourth-order valence-electron chi connectivity index (χ4n) is 2.45. The Morgan fingerprint density at radius 2 is 1.77 bits per heavy atom. The van der Waals surface area contributed by atoms with Crippen LogP contribution in [-0.2, 0) is 0 Å². The van der Waals surface area contributed by atoms with Crippen molar-refractivity contribution in [3.05, 3.63) is 60.7 Å². The maximum atomic E-state index is 4.66. The molecule has 0 spiro atoms. The van der Waals surface area contributed by atoms with Crippen molar-refractivity contribution in [2.24, 2.45) is 0 Å². The highest BCUT2D eigenvalue weighted by Gasteiger charge is 2.13. The van der Waals surface area contributed by atoms with E-state index in [9.17, 15) is 0 Å². The lowest BCUT2D eigenvalue weighted by Gasteiger charge is -2.04. The van der Waals surface area contributed by atoms with Gasteiger partial charge in [-0.2, -0.15) is 0 Å². The number of pyridine rings is 3. The van der Waals surface area contributed by atoms with E-state index in [1.54, 1.807) is 12.5 Å². The molecule has 0 saturated carbocycles. The Morgan fingerprint density at radius 1 is 0.818 bits per heavy atom. The van der Waals surface area contributed by atoms with E-state index in [-0.39, 0.29) is 0 Å². The van der Waals surface area contributed by atoms with Crippen molar-refractivity contribution >= 4 is 11.0 Å². The van der Waals surface area contributed by atoms with Crippen molar-refractivity contribution in [2.45, 2.75) is 6.92 Å². The lowest BCUT2D eigenvalue weighted by atomic mass is 10.1. The normalized spacial score (nSPS) is 11.0. The second-order valence-corrected chi connectivity index (χ2v) is 5.03. The van der Waals surface area contributed by atoms with Crippen LogP contribution in [0, 0.1) is 6.92 Å². The quantitative estimate of drug-likeness (QED) is 0.613. The van der Waals surface area contributed by atoms with Gasteiger partial charge in [-0.15, -0.1) is 0 Å². The third kappa shape index (κ3) is 2.13. The Labute approximate surface area is 127 Å². The Bertz CT molecular complexity index is 958. The number of fused-ring (bicyclic) bond motifs is 1. The number of aromatic amines is 1. The molecule has 4 heterocycles. The van der Waals surface area contributed by atoms with Crippen molar-refractivity contribution in [2.75, 3.05) is 0 Å². The van der Waals surface area contributed by atoms with Crippen LogP contribution < -0.4 is 0 Å². The predicted octanol–water partition coefficient (Wildman–Crippen LogP) is 3.39. The van der Waals surface area contributed by atoms with Gasteiger partial charge in [-0.1, -0.05) is 6.07 Å². The van der Waals surface area contributed by atoms with Crippen LogP contribution in [0.15, 0.2) is 55.0 Å². The molecule has 0 aliphatic carbocycles. The van der Waals surface area contributed by atoms with Crippen molar-refractivity contribution < 1.29 is 0 Å². The molecule has 0 bridgehead atoms. The molecule has 0 atom stereocenters. The van der Waals surface area contributed by atoms with Crippen molar-refractivity contribution in [1.29, 1.82) is 0 Å². The van der Waals surface area contributed by atoms with Crippen molar-refractivity contribution in [1.82, 2.24) is 24.9 Å². The highest BCUT2D eigenvalue weighted by Crippen LogP contribution is 2.27. The number of hydrogen-bond acceptors (Lipinski definition) is 4. The van der Waals surface area contributed by atoms with Gasteiger partial charge in [0.25, 0.3) is 0 Å². The van der Waals surface area contributed by atoms with E-state index in [1.165, 1.54) is 0 Å². The first-order valence-corrected chi connectivity index (χ1v) is 7.01. The molecule has 4 aromatic heterocycles. The SMILES string of the molecule is Cc1cccc(-c2nc[nH]c2-c2ccc3ncccc3n2)n1. The molecule has 5 heteroatoms. The smallest absolute Gasteiger partial charge is 0.116 e. The third-order valence-corrected chi connectivity index (χ3v) is 3.48. The van der Waals surface area contributed by atoms with Gasteiger partial charge in [-0.25, -0.2) is 9.97 Å². The molecule has 5 nitrogen and oxygen atoms in total. The summed E-state index contributed by atoms with van der Waals surface area (Å²) in [5.41, 5.74) is 6.03. The summed E-state index contributed by atoms with van der Waals surface area (Å²) in [6.07, 6.45) is 3.44. The highest BCUT2D eigenvalue weighted by molar-refractivity contribution is 5.80. The van der Waals surface area contributed by atoms with E-state index in [0.717, 1.165) is 39.5 Å². The fraction of sp³-hybridized carbons (Fsp3) is 0.0588. The van der Waals surface area contributed by atoms with Gasteiger partial charge < -0.3 is 4.98 Å². The van der Waals surface area contributed by atoms with E-state index >= 15 is 0 Å². The van der Waals surface area contributed by atoms with Gasteiger partial charge in [0.15, 0.2) is 0 Å². The molecule has 0 radical (unpaired) electrons. The molecule has 0 saturated heterocycles. The number of aromatic nitrogens is 5. The van der Waals surface area contributed by atoms with Crippen molar-refractivity contribution in [3.8, 4) is 22.8 Å². The first-order chi connectivity index (χ1) is 10.8. The summed E-state index contributed by atoms with van der Waals surface area (Å²) >= 11 is 0. The number of nitrogens with zero attached hydrogens (tertiary/aromatic N) is 4. The van der Waals surface area contributed by atoms with E-state index in [0.29, 0.717) is 0 Å². The fourth-order valence-corrected chi connectivity index (χ4v) is 2.45. The molecular formula is C17H13N5. The topological polar surface area (TPSA) is 67.3 Å². The molecule has 0 aliphatic heterocycles. The summed E-state index contributed by atoms with van der Waals surface area (Å²) in [4.78, 5) is 21.1. The summed E-state index contributed by atoms with van der Waals surface area (Å²) in [7, 11) is 0. The Hall–Kier alpha value is -3.08. The maximum absolute atomic E-state index is 4.66. The number of nitrogens with one attached hydrogen (secondary N) is 1. The van der Waals surface area contributed by atoms with Gasteiger partial charge in [-0.3, -0.25) is 9.97 Å². The van der Waals surface area contributed by atoms with Crippen LogP contribution in [0.3, 0.4) is 0 Å². The van der Waals surface area contributed by atoms with E-state index < -0.39 is 0 Å². The standard InChI is InChI=1S/C17H13N5/c1-11-4-2-5-14(21-11)16-17(20-10-19-16)15-8-7-12-13(22-15)6-3-9-18-12/h2-10H,1H3,(H,19,20). The molecule has 0 aliphatic rings. The Balaban J connectivity index is 1.87. The molecule has 106 valence electrons. The molecule has 0 unspecified atom stereocenters. The van der Waals surface area contributed by atoms with E-state index in [4.69, 9.17) is 0 Å². The monoisotopic (exact) mass is 287 g/mol. The first kappa shape index (κ1) is 12.6. The Morgan fingerprint density at radius 3 is 2.68 bits per heavy atom. The van der Waals surface area contributed by atoms with Gasteiger partial charge in [0.05, 0.1) is 34.4 Å². The number of aryl methyl sites for hydroxylation is 1. The minimum Gasteiger partial charge on any atom is -0.343 e. The average Bonchev–Trinajstić information content (AvgIpc) is 3.04. The zero-order chi connectivity index (χ0) is 14.9. The summed E-state index contributed by atoms with van der Waals surface area (Å²) in [6.45, 7) is 1.97. The molecule has 0 amide bonds. The van der Waals surface area contributed by atoms with Gasteiger partial charge in [0, 0.05) is 11.9 Å². The maximum Gasteiger partial charge on any atom is 0.116 e. The number of H-pyrrole nitrogens is 1. The minimum absolute atomic E-state index is 0.805. The number of rotatable bonds is 2. The number of imidazole rings is 1. The van der Waals surface area contributed by atoms with Crippen molar-refractivity contribution in [3.63, 3.8) is 0 Å². The highest BCUT2D eigenvalue weighted by atomic mass is 14.9. The Kier molecular flexibility index (Phi) is 2.89. The summed E-state index contributed by atoms with van der Waals surface area (Å²) in [5.74, 6) is 0. The minimum atomic E-state index is 0.805. The molecule has 0 aromatic carbocycles. The molecule has 22 heavy (non-hydrogen) atoms. The molecular weight excluding hydrogens is 274 g/mol. The van der Waals surface area contributed by atoms with Crippen LogP contribution in [0.5, 0.6) is 0 Å². The van der Waals surface area contributed by atoms with Gasteiger partial charge in [0.2, 0.25) is 0 Å². The third-order valence-electron chi connectivity index (χ3n) is 3.48. The zero-order valence-electron chi connectivity index (χ0n) is 12.0. The lowest BCUT2D eigenvalue weighted by molar-refractivity contribution is 1.19. The average molecular weight is 287 g/mol.